The third-order valence-electron chi connectivity index (χ3n) is 4.83. The van der Waals surface area contributed by atoms with E-state index >= 15 is 0 Å². The smallest absolute Gasteiger partial charge is 0.204 e. The third kappa shape index (κ3) is 2.99. The molecule has 2 aromatic carbocycles. The van der Waals surface area contributed by atoms with Crippen molar-refractivity contribution in [3.05, 3.63) is 78.1 Å². The van der Waals surface area contributed by atoms with Crippen molar-refractivity contribution in [3.63, 3.8) is 0 Å². The lowest BCUT2D eigenvalue weighted by molar-refractivity contribution is 0.414. The molecular formula is C22H21N5O. The van der Waals surface area contributed by atoms with Crippen LogP contribution in [0.2, 0.25) is 0 Å². The Morgan fingerprint density at radius 3 is 2.29 bits per heavy atom. The Morgan fingerprint density at radius 2 is 1.64 bits per heavy atom. The maximum absolute atomic E-state index is 6.12. The summed E-state index contributed by atoms with van der Waals surface area (Å²) in [6.45, 7) is 1.87. The van der Waals surface area contributed by atoms with Crippen LogP contribution in [0.25, 0.3) is 11.1 Å². The van der Waals surface area contributed by atoms with E-state index in [9.17, 15) is 0 Å². The maximum Gasteiger partial charge on any atom is 0.204 e. The number of aromatic nitrogens is 1. The largest absolute Gasteiger partial charge is 0.497 e. The Hall–Kier alpha value is -3.67. The van der Waals surface area contributed by atoms with Crippen molar-refractivity contribution in [1.29, 1.82) is 0 Å². The van der Waals surface area contributed by atoms with Crippen molar-refractivity contribution >= 4 is 17.2 Å². The van der Waals surface area contributed by atoms with Gasteiger partial charge in [-0.1, -0.05) is 30.3 Å². The van der Waals surface area contributed by atoms with Crippen molar-refractivity contribution < 1.29 is 4.74 Å². The number of hydrogen-bond acceptors (Lipinski definition) is 6. The number of aliphatic imine (C=N–C) groups is 2. The van der Waals surface area contributed by atoms with Gasteiger partial charge in [0.1, 0.15) is 11.6 Å². The second-order valence-corrected chi connectivity index (χ2v) is 6.68. The van der Waals surface area contributed by atoms with Gasteiger partial charge in [0.05, 0.1) is 18.5 Å². The summed E-state index contributed by atoms with van der Waals surface area (Å²) in [5, 5.41) is 0. The molecule has 6 heteroatoms. The Kier molecular flexibility index (Phi) is 4.31. The number of nitrogen functional groups attached to an aromatic ring is 1. The molecule has 2 heterocycles. The monoisotopic (exact) mass is 371 g/mol. The first-order valence-electron chi connectivity index (χ1n) is 8.90. The Morgan fingerprint density at radius 1 is 0.857 bits per heavy atom. The molecule has 0 saturated heterocycles. The minimum atomic E-state index is -0.926. The molecule has 1 unspecified atom stereocenters. The number of rotatable bonds is 4. The molecule has 1 aromatic heterocycles. The van der Waals surface area contributed by atoms with E-state index in [1.54, 1.807) is 19.5 Å². The summed E-state index contributed by atoms with van der Waals surface area (Å²) in [4.78, 5) is 13.8. The van der Waals surface area contributed by atoms with Crippen LogP contribution in [-0.4, -0.2) is 23.6 Å². The summed E-state index contributed by atoms with van der Waals surface area (Å²) in [5.74, 6) is 1.21. The number of pyridine rings is 1. The topological polar surface area (TPSA) is 98.9 Å². The van der Waals surface area contributed by atoms with Crippen LogP contribution in [0.15, 0.2) is 77.0 Å². The minimum Gasteiger partial charge on any atom is -0.497 e. The van der Waals surface area contributed by atoms with Crippen LogP contribution in [0.1, 0.15) is 18.1 Å². The molecule has 1 aliphatic heterocycles. The van der Waals surface area contributed by atoms with Gasteiger partial charge in [0.2, 0.25) is 5.66 Å². The first kappa shape index (κ1) is 17.7. The summed E-state index contributed by atoms with van der Waals surface area (Å²) in [5.41, 5.74) is 16.2. The van der Waals surface area contributed by atoms with Gasteiger partial charge in [-0.15, -0.1) is 0 Å². The highest BCUT2D eigenvalue weighted by atomic mass is 16.5. The highest BCUT2D eigenvalue weighted by Gasteiger charge is 2.38. The summed E-state index contributed by atoms with van der Waals surface area (Å²) in [6.07, 6.45) is 3.41. The number of benzene rings is 2. The van der Waals surface area contributed by atoms with Crippen LogP contribution in [0, 0.1) is 0 Å². The fraction of sp³-hybridized carbons (Fsp3) is 0.136. The fourth-order valence-electron chi connectivity index (χ4n) is 3.36. The van der Waals surface area contributed by atoms with Crippen molar-refractivity contribution in [3.8, 4) is 16.9 Å². The molecule has 6 nitrogen and oxygen atoms in total. The predicted molar refractivity (Wildman–Crippen MR) is 113 cm³/mol. The highest BCUT2D eigenvalue weighted by Crippen LogP contribution is 2.40. The molecule has 0 saturated carbocycles. The molecule has 0 aliphatic carbocycles. The zero-order chi connectivity index (χ0) is 19.7. The van der Waals surface area contributed by atoms with E-state index in [0.29, 0.717) is 17.2 Å². The van der Waals surface area contributed by atoms with Gasteiger partial charge in [-0.05, 0) is 36.8 Å². The molecule has 4 N–H and O–H groups in total. The van der Waals surface area contributed by atoms with Gasteiger partial charge in [0.15, 0.2) is 0 Å². The number of methoxy groups -OCH3 is 1. The van der Waals surface area contributed by atoms with Crippen LogP contribution in [0.5, 0.6) is 5.75 Å². The molecular weight excluding hydrogens is 350 g/mol. The first-order valence-corrected chi connectivity index (χ1v) is 8.90. The van der Waals surface area contributed by atoms with Gasteiger partial charge in [-0.3, -0.25) is 4.98 Å². The number of amidine groups is 1. The molecule has 4 rings (SSSR count). The average molecular weight is 371 g/mol. The molecule has 0 radical (unpaired) electrons. The van der Waals surface area contributed by atoms with E-state index < -0.39 is 5.66 Å². The molecule has 1 aliphatic rings. The lowest BCUT2D eigenvalue weighted by Gasteiger charge is -2.25. The lowest BCUT2D eigenvalue weighted by Crippen LogP contribution is -2.22. The quantitative estimate of drug-likeness (QED) is 0.734. The molecule has 140 valence electrons. The SMILES string of the molecule is COc1ccc(C2(c3cccc(-c4cncc(N)c4)c3)N=C(C)C(N)=N2)cc1. The van der Waals surface area contributed by atoms with E-state index in [0.717, 1.165) is 28.0 Å². The molecule has 28 heavy (non-hydrogen) atoms. The van der Waals surface area contributed by atoms with Gasteiger partial charge in [0, 0.05) is 29.1 Å². The minimum absolute atomic E-state index is 0.437. The van der Waals surface area contributed by atoms with Crippen molar-refractivity contribution in [2.24, 2.45) is 15.7 Å². The zero-order valence-corrected chi connectivity index (χ0v) is 15.8. The Labute approximate surface area is 163 Å². The standard InChI is InChI=1S/C22H21N5O/c1-14-21(24)27-22(26-14,17-6-8-20(28-2)9-7-17)18-5-3-4-15(10-18)16-11-19(23)13-25-12-16/h3-13H,23H2,1-2H3,(H2,24,27). The Balaban J connectivity index is 1.88. The van der Waals surface area contributed by atoms with Gasteiger partial charge in [-0.25, -0.2) is 9.98 Å². The number of nitrogens with zero attached hydrogens (tertiary/aromatic N) is 3. The number of anilines is 1. The van der Waals surface area contributed by atoms with E-state index in [2.05, 4.69) is 11.1 Å². The molecule has 0 amide bonds. The molecule has 0 spiro atoms. The summed E-state index contributed by atoms with van der Waals surface area (Å²) in [6, 6.07) is 17.7. The molecule has 1 atom stereocenters. The average Bonchev–Trinajstić information content (AvgIpc) is 3.04. The normalized spacial score (nSPS) is 18.5. The summed E-state index contributed by atoms with van der Waals surface area (Å²) < 4.78 is 5.29. The highest BCUT2D eigenvalue weighted by molar-refractivity contribution is 6.41. The van der Waals surface area contributed by atoms with Crippen LogP contribution in [-0.2, 0) is 5.66 Å². The second kappa shape index (κ2) is 6.81. The van der Waals surface area contributed by atoms with Crippen LogP contribution < -0.4 is 16.2 Å². The lowest BCUT2D eigenvalue weighted by atomic mass is 9.90. The molecule has 0 fully saturated rings. The van der Waals surface area contributed by atoms with Gasteiger partial charge >= 0.3 is 0 Å². The van der Waals surface area contributed by atoms with Crippen molar-refractivity contribution in [2.45, 2.75) is 12.6 Å². The molecule has 0 bridgehead atoms. The van der Waals surface area contributed by atoms with Crippen LogP contribution in [0.3, 0.4) is 0 Å². The predicted octanol–water partition coefficient (Wildman–Crippen LogP) is 3.37. The Bertz CT molecular complexity index is 1070. The summed E-state index contributed by atoms with van der Waals surface area (Å²) >= 11 is 0. The number of ether oxygens (including phenoxy) is 1. The summed E-state index contributed by atoms with van der Waals surface area (Å²) in [7, 11) is 1.64. The zero-order valence-electron chi connectivity index (χ0n) is 15.8. The van der Waals surface area contributed by atoms with Gasteiger partial charge < -0.3 is 16.2 Å². The fourth-order valence-corrected chi connectivity index (χ4v) is 3.36. The first-order chi connectivity index (χ1) is 13.5. The third-order valence-corrected chi connectivity index (χ3v) is 4.83. The van der Waals surface area contributed by atoms with Crippen molar-refractivity contribution in [2.75, 3.05) is 12.8 Å². The number of nitrogens with two attached hydrogens (primary N) is 2. The molecule has 3 aromatic rings. The van der Waals surface area contributed by atoms with E-state index in [1.165, 1.54) is 0 Å². The van der Waals surface area contributed by atoms with Gasteiger partial charge in [0.25, 0.3) is 0 Å². The van der Waals surface area contributed by atoms with Crippen LogP contribution >= 0.6 is 0 Å². The van der Waals surface area contributed by atoms with Gasteiger partial charge in [-0.2, -0.15) is 0 Å². The van der Waals surface area contributed by atoms with E-state index in [-0.39, 0.29) is 0 Å². The number of hydrogen-bond donors (Lipinski definition) is 2. The van der Waals surface area contributed by atoms with E-state index in [4.69, 9.17) is 26.2 Å². The van der Waals surface area contributed by atoms with Crippen LogP contribution in [0.4, 0.5) is 5.69 Å². The maximum atomic E-state index is 6.12. The van der Waals surface area contributed by atoms with Crippen molar-refractivity contribution in [1.82, 2.24) is 4.98 Å². The van der Waals surface area contributed by atoms with E-state index in [1.807, 2.05) is 55.5 Å². The second-order valence-electron chi connectivity index (χ2n) is 6.68.